The van der Waals surface area contributed by atoms with Crippen LogP contribution < -0.4 is 10.1 Å². The van der Waals surface area contributed by atoms with Gasteiger partial charge in [0.1, 0.15) is 5.75 Å². The van der Waals surface area contributed by atoms with E-state index in [0.717, 1.165) is 6.26 Å². The van der Waals surface area contributed by atoms with Crippen molar-refractivity contribution < 1.29 is 26.7 Å². The number of aryl methyl sites for hydroxylation is 1. The van der Waals surface area contributed by atoms with Crippen molar-refractivity contribution in [2.75, 3.05) is 11.6 Å². The monoisotopic (exact) mass is 389 g/mol. The Morgan fingerprint density at radius 3 is 2.44 bits per heavy atom. The van der Waals surface area contributed by atoms with Crippen LogP contribution in [0.3, 0.4) is 0 Å². The van der Waals surface area contributed by atoms with Crippen LogP contribution in [0, 0.1) is 6.92 Å². The van der Waals surface area contributed by atoms with E-state index in [1.807, 2.05) is 0 Å². The van der Waals surface area contributed by atoms with Gasteiger partial charge in [0.2, 0.25) is 0 Å². The fourth-order valence-corrected chi connectivity index (χ4v) is 2.92. The SMILES string of the molecule is Cc1ccc(S(C)(=O)=O)cc1C(=O)Nc1ccc(OC(F)F)c(Cl)c1. The minimum Gasteiger partial charge on any atom is -0.433 e. The number of nitrogens with one attached hydrogen (secondary N) is 1. The second-order valence-corrected chi connectivity index (χ2v) is 7.65. The highest BCUT2D eigenvalue weighted by molar-refractivity contribution is 7.90. The summed E-state index contributed by atoms with van der Waals surface area (Å²) < 4.78 is 51.9. The van der Waals surface area contributed by atoms with E-state index in [2.05, 4.69) is 10.1 Å². The molecular formula is C16H14ClF2NO4S. The highest BCUT2D eigenvalue weighted by atomic mass is 35.5. The molecule has 1 amide bonds. The van der Waals surface area contributed by atoms with E-state index in [4.69, 9.17) is 11.6 Å². The molecule has 9 heteroatoms. The highest BCUT2D eigenvalue weighted by Crippen LogP contribution is 2.29. The maximum Gasteiger partial charge on any atom is 0.387 e. The van der Waals surface area contributed by atoms with Crippen LogP contribution in [0.1, 0.15) is 15.9 Å². The second kappa shape index (κ2) is 7.37. The van der Waals surface area contributed by atoms with E-state index in [1.165, 1.54) is 36.4 Å². The molecule has 0 radical (unpaired) electrons. The summed E-state index contributed by atoms with van der Waals surface area (Å²) in [5.41, 5.74) is 1.00. The summed E-state index contributed by atoms with van der Waals surface area (Å²) in [6.45, 7) is -1.35. The molecule has 1 N–H and O–H groups in total. The predicted octanol–water partition coefficient (Wildman–Crippen LogP) is 3.91. The summed E-state index contributed by atoms with van der Waals surface area (Å²) in [5, 5.41) is 2.44. The molecule has 5 nitrogen and oxygen atoms in total. The minimum atomic E-state index is -3.46. The molecule has 0 saturated heterocycles. The molecule has 0 spiro atoms. The normalized spacial score (nSPS) is 11.4. The van der Waals surface area contributed by atoms with Crippen LogP contribution in [0.4, 0.5) is 14.5 Å². The summed E-state index contributed by atoms with van der Waals surface area (Å²) in [6, 6.07) is 8.01. The molecule has 0 aliphatic carbocycles. The molecule has 0 saturated carbocycles. The molecular weight excluding hydrogens is 376 g/mol. The van der Waals surface area contributed by atoms with E-state index < -0.39 is 22.4 Å². The molecule has 2 aromatic rings. The zero-order valence-corrected chi connectivity index (χ0v) is 14.8. The first kappa shape index (κ1) is 19.1. The molecule has 0 aliphatic heterocycles. The van der Waals surface area contributed by atoms with Crippen LogP contribution in [-0.4, -0.2) is 27.2 Å². The molecule has 2 aromatic carbocycles. The van der Waals surface area contributed by atoms with Crippen LogP contribution in [-0.2, 0) is 9.84 Å². The van der Waals surface area contributed by atoms with Gasteiger partial charge in [-0.05, 0) is 42.8 Å². The molecule has 25 heavy (non-hydrogen) atoms. The molecule has 134 valence electrons. The van der Waals surface area contributed by atoms with Crippen LogP contribution in [0.15, 0.2) is 41.3 Å². The quantitative estimate of drug-likeness (QED) is 0.841. The van der Waals surface area contributed by atoms with Gasteiger partial charge < -0.3 is 10.1 Å². The molecule has 0 fully saturated rings. The summed E-state index contributed by atoms with van der Waals surface area (Å²) in [6.07, 6.45) is 1.04. The Balaban J connectivity index is 2.27. The van der Waals surface area contributed by atoms with Crippen molar-refractivity contribution >= 4 is 33.0 Å². The molecule has 0 heterocycles. The maximum absolute atomic E-state index is 12.4. The number of alkyl halides is 2. The van der Waals surface area contributed by atoms with Gasteiger partial charge in [-0.25, -0.2) is 8.42 Å². The van der Waals surface area contributed by atoms with Gasteiger partial charge in [0.25, 0.3) is 5.91 Å². The van der Waals surface area contributed by atoms with Crippen molar-refractivity contribution in [1.82, 2.24) is 0 Å². The Kier molecular flexibility index (Phi) is 5.64. The Hall–Kier alpha value is -2.19. The molecule has 0 bridgehead atoms. The number of halogens is 3. The third-order valence-electron chi connectivity index (χ3n) is 3.29. The van der Waals surface area contributed by atoms with Gasteiger partial charge in [0.05, 0.1) is 9.92 Å². The number of anilines is 1. The number of rotatable bonds is 5. The van der Waals surface area contributed by atoms with Gasteiger partial charge >= 0.3 is 6.61 Å². The fourth-order valence-electron chi connectivity index (χ4n) is 2.04. The average molecular weight is 390 g/mol. The number of carbonyl (C=O) groups is 1. The standard InChI is InChI=1S/C16H14ClF2NO4S/c1-9-3-5-11(25(2,22)23)8-12(9)15(21)20-10-4-6-14(13(17)7-10)24-16(18)19/h3-8,16H,1-2H3,(H,20,21). The van der Waals surface area contributed by atoms with Gasteiger partial charge in [0, 0.05) is 17.5 Å². The highest BCUT2D eigenvalue weighted by Gasteiger charge is 2.16. The lowest BCUT2D eigenvalue weighted by Gasteiger charge is -2.11. The lowest BCUT2D eigenvalue weighted by molar-refractivity contribution is -0.0497. The first-order valence-corrected chi connectivity index (χ1v) is 9.21. The van der Waals surface area contributed by atoms with Crippen LogP contribution >= 0.6 is 11.6 Å². The van der Waals surface area contributed by atoms with E-state index in [9.17, 15) is 22.0 Å². The van der Waals surface area contributed by atoms with Crippen LogP contribution in [0.5, 0.6) is 5.75 Å². The zero-order valence-electron chi connectivity index (χ0n) is 13.2. The number of hydrogen-bond acceptors (Lipinski definition) is 4. The van der Waals surface area contributed by atoms with Gasteiger partial charge in [0.15, 0.2) is 9.84 Å². The van der Waals surface area contributed by atoms with Crippen LogP contribution in [0.25, 0.3) is 0 Å². The van der Waals surface area contributed by atoms with Gasteiger partial charge in [-0.15, -0.1) is 0 Å². The Labute approximate surface area is 148 Å². The summed E-state index contributed by atoms with van der Waals surface area (Å²) in [7, 11) is -3.46. The first-order valence-electron chi connectivity index (χ1n) is 6.94. The number of hydrogen-bond donors (Lipinski definition) is 1. The summed E-state index contributed by atoms with van der Waals surface area (Å²) in [4.78, 5) is 12.4. The van der Waals surface area contributed by atoms with Gasteiger partial charge in [-0.1, -0.05) is 17.7 Å². The smallest absolute Gasteiger partial charge is 0.387 e. The largest absolute Gasteiger partial charge is 0.433 e. The Morgan fingerprint density at radius 2 is 1.88 bits per heavy atom. The Morgan fingerprint density at radius 1 is 1.20 bits per heavy atom. The van der Waals surface area contributed by atoms with E-state index >= 15 is 0 Å². The lowest BCUT2D eigenvalue weighted by Crippen LogP contribution is -2.14. The summed E-state index contributed by atoms with van der Waals surface area (Å²) in [5.74, 6) is -0.772. The average Bonchev–Trinajstić information content (AvgIpc) is 2.48. The number of benzene rings is 2. The fraction of sp³-hybridized carbons (Fsp3) is 0.188. The number of ether oxygens (including phenoxy) is 1. The molecule has 0 unspecified atom stereocenters. The molecule has 0 aromatic heterocycles. The maximum atomic E-state index is 12.4. The Bertz CT molecular complexity index is 916. The third-order valence-corrected chi connectivity index (χ3v) is 4.69. The topological polar surface area (TPSA) is 72.5 Å². The van der Waals surface area contributed by atoms with Crippen LogP contribution in [0.2, 0.25) is 5.02 Å². The number of carbonyl (C=O) groups excluding carboxylic acids is 1. The number of amides is 1. The van der Waals surface area contributed by atoms with Crippen molar-refractivity contribution in [2.24, 2.45) is 0 Å². The molecule has 0 aliphatic rings. The van der Waals surface area contributed by atoms with Crippen molar-refractivity contribution in [2.45, 2.75) is 18.4 Å². The predicted molar refractivity (Wildman–Crippen MR) is 90.3 cm³/mol. The molecule has 2 rings (SSSR count). The van der Waals surface area contributed by atoms with E-state index in [1.54, 1.807) is 6.92 Å². The molecule has 0 atom stereocenters. The summed E-state index contributed by atoms with van der Waals surface area (Å²) >= 11 is 5.83. The van der Waals surface area contributed by atoms with Gasteiger partial charge in [-0.2, -0.15) is 8.78 Å². The minimum absolute atomic E-state index is 0.0157. The van der Waals surface area contributed by atoms with Crippen molar-refractivity contribution in [3.8, 4) is 5.75 Å². The second-order valence-electron chi connectivity index (χ2n) is 5.23. The van der Waals surface area contributed by atoms with Crippen molar-refractivity contribution in [3.63, 3.8) is 0 Å². The van der Waals surface area contributed by atoms with Gasteiger partial charge in [-0.3, -0.25) is 4.79 Å². The van der Waals surface area contributed by atoms with E-state index in [0.29, 0.717) is 5.56 Å². The van der Waals surface area contributed by atoms with E-state index in [-0.39, 0.29) is 26.9 Å². The van der Waals surface area contributed by atoms with Crippen molar-refractivity contribution in [1.29, 1.82) is 0 Å². The first-order chi connectivity index (χ1) is 11.6. The third kappa shape index (κ3) is 4.90. The van der Waals surface area contributed by atoms with Crippen molar-refractivity contribution in [3.05, 3.63) is 52.5 Å². The lowest BCUT2D eigenvalue weighted by atomic mass is 10.1. The number of sulfone groups is 1. The zero-order chi connectivity index (χ0) is 18.8.